The number of ether oxygens (including phenoxy) is 1. The van der Waals surface area contributed by atoms with Crippen LogP contribution in [0.4, 0.5) is 13.2 Å². The Labute approximate surface area is 217 Å². The molecule has 3 aromatic carbocycles. The minimum Gasteiger partial charge on any atom is -0.486 e. The zero-order valence-electron chi connectivity index (χ0n) is 21.6. The lowest BCUT2D eigenvalue weighted by molar-refractivity contribution is -0.137. The van der Waals surface area contributed by atoms with Gasteiger partial charge in [0.25, 0.3) is 0 Å². The summed E-state index contributed by atoms with van der Waals surface area (Å²) in [6, 6.07) is 22.7. The minimum absolute atomic E-state index is 0.102. The molecule has 196 valence electrons. The molecule has 3 aromatic rings. The third kappa shape index (κ3) is 6.54. The topological polar surface area (TPSA) is 29.5 Å². The number of carbonyl (C=O) groups is 1. The number of likely N-dealkylation sites (N-methyl/N-ethyl adjacent to an activating group) is 1. The zero-order valence-corrected chi connectivity index (χ0v) is 21.6. The molecule has 1 aliphatic rings. The first-order chi connectivity index (χ1) is 17.6. The number of carbonyl (C=O) groups excluding carboxylic acids is 1. The Kier molecular flexibility index (Phi) is 7.96. The molecule has 0 aromatic heterocycles. The highest BCUT2D eigenvalue weighted by atomic mass is 19.4. The average molecular weight is 510 g/mol. The number of amides is 1. The fraction of sp³-hybridized carbons (Fsp3) is 0.387. The second-order valence-corrected chi connectivity index (χ2v) is 10.4. The Morgan fingerprint density at radius 2 is 1.57 bits per heavy atom. The lowest BCUT2D eigenvalue weighted by Gasteiger charge is -2.27. The standard InChI is InChI=1S/C31H34F3NO2/c1-22(2)21-23-9-11-25(12-10-23)30(18-19-30)29(36)35(3)20-17-28(24-7-5-4-6-8-24)37-27-15-13-26(14-16-27)31(32,33)34/h4-16,22,28H,17-21H2,1-3H3/t28-/m1/s1. The van der Waals surface area contributed by atoms with E-state index >= 15 is 0 Å². The molecule has 4 rings (SSSR count). The van der Waals surface area contributed by atoms with Crippen molar-refractivity contribution in [3.05, 3.63) is 101 Å². The first-order valence-corrected chi connectivity index (χ1v) is 12.8. The van der Waals surface area contributed by atoms with Gasteiger partial charge < -0.3 is 9.64 Å². The summed E-state index contributed by atoms with van der Waals surface area (Å²) in [7, 11) is 1.82. The molecular formula is C31H34F3NO2. The Hall–Kier alpha value is -3.28. The Balaban J connectivity index is 1.43. The van der Waals surface area contributed by atoms with Crippen molar-refractivity contribution in [1.82, 2.24) is 4.90 Å². The minimum atomic E-state index is -4.39. The quantitative estimate of drug-likeness (QED) is 0.282. The van der Waals surface area contributed by atoms with Gasteiger partial charge in [-0.05, 0) is 66.1 Å². The SMILES string of the molecule is CC(C)Cc1ccc(C2(C(=O)N(C)CC[C@@H](Oc3ccc(C(F)(F)F)cc3)c3ccccc3)CC2)cc1. The van der Waals surface area contributed by atoms with Crippen molar-refractivity contribution in [3.63, 3.8) is 0 Å². The summed E-state index contributed by atoms with van der Waals surface area (Å²) in [6.07, 6.45) is -1.60. The van der Waals surface area contributed by atoms with Crippen LogP contribution in [-0.4, -0.2) is 24.4 Å². The highest BCUT2D eigenvalue weighted by Crippen LogP contribution is 2.49. The van der Waals surface area contributed by atoms with E-state index in [2.05, 4.69) is 38.1 Å². The average Bonchev–Trinajstić information content (AvgIpc) is 3.68. The van der Waals surface area contributed by atoms with Crippen LogP contribution in [-0.2, 0) is 22.8 Å². The van der Waals surface area contributed by atoms with E-state index in [0.29, 0.717) is 24.6 Å². The van der Waals surface area contributed by atoms with Gasteiger partial charge in [0.05, 0.1) is 11.0 Å². The molecule has 0 heterocycles. The first kappa shape index (κ1) is 26.8. The second kappa shape index (κ2) is 11.0. The van der Waals surface area contributed by atoms with E-state index < -0.39 is 23.3 Å². The number of benzene rings is 3. The molecular weight excluding hydrogens is 475 g/mol. The molecule has 1 fully saturated rings. The van der Waals surface area contributed by atoms with Gasteiger partial charge >= 0.3 is 6.18 Å². The number of rotatable bonds is 10. The smallest absolute Gasteiger partial charge is 0.416 e. The highest BCUT2D eigenvalue weighted by molar-refractivity contribution is 5.91. The van der Waals surface area contributed by atoms with Gasteiger partial charge in [-0.15, -0.1) is 0 Å². The van der Waals surface area contributed by atoms with Crippen molar-refractivity contribution < 1.29 is 22.7 Å². The summed E-state index contributed by atoms with van der Waals surface area (Å²) in [5.41, 5.74) is 2.08. The molecule has 0 unspecified atom stereocenters. The summed E-state index contributed by atoms with van der Waals surface area (Å²) in [4.78, 5) is 15.3. The highest BCUT2D eigenvalue weighted by Gasteiger charge is 2.52. The molecule has 6 heteroatoms. The summed E-state index contributed by atoms with van der Waals surface area (Å²) in [6.45, 7) is 4.85. The molecule has 37 heavy (non-hydrogen) atoms. The number of alkyl halides is 3. The monoisotopic (exact) mass is 509 g/mol. The van der Waals surface area contributed by atoms with Gasteiger partial charge in [-0.25, -0.2) is 0 Å². The summed E-state index contributed by atoms with van der Waals surface area (Å²) >= 11 is 0. The van der Waals surface area contributed by atoms with Crippen LogP contribution in [0.2, 0.25) is 0 Å². The van der Waals surface area contributed by atoms with Gasteiger partial charge in [-0.3, -0.25) is 4.79 Å². The predicted molar refractivity (Wildman–Crippen MR) is 139 cm³/mol. The van der Waals surface area contributed by atoms with Gasteiger partial charge in [0.2, 0.25) is 5.91 Å². The van der Waals surface area contributed by atoms with Crippen molar-refractivity contribution in [1.29, 1.82) is 0 Å². The Morgan fingerprint density at radius 3 is 2.11 bits per heavy atom. The summed E-state index contributed by atoms with van der Waals surface area (Å²) in [5.74, 6) is 1.04. The number of hydrogen-bond acceptors (Lipinski definition) is 2. The molecule has 0 bridgehead atoms. The first-order valence-electron chi connectivity index (χ1n) is 12.8. The molecule has 0 radical (unpaired) electrons. The van der Waals surface area contributed by atoms with E-state index in [-0.39, 0.29) is 5.91 Å². The number of hydrogen-bond donors (Lipinski definition) is 0. The molecule has 3 nitrogen and oxygen atoms in total. The molecule has 0 saturated heterocycles. The van der Waals surface area contributed by atoms with Crippen molar-refractivity contribution in [3.8, 4) is 5.75 Å². The van der Waals surface area contributed by atoms with Crippen LogP contribution in [0.25, 0.3) is 0 Å². The fourth-order valence-corrected chi connectivity index (χ4v) is 4.81. The molecule has 1 atom stereocenters. The largest absolute Gasteiger partial charge is 0.486 e. The van der Waals surface area contributed by atoms with Crippen LogP contribution in [0.5, 0.6) is 5.75 Å². The van der Waals surface area contributed by atoms with Crippen molar-refractivity contribution >= 4 is 5.91 Å². The van der Waals surface area contributed by atoms with Crippen LogP contribution >= 0.6 is 0 Å². The van der Waals surface area contributed by atoms with E-state index in [1.165, 1.54) is 17.7 Å². The molecule has 0 N–H and O–H groups in total. The molecule has 0 aliphatic heterocycles. The molecule has 1 aliphatic carbocycles. The van der Waals surface area contributed by atoms with E-state index in [1.807, 2.05) is 37.4 Å². The van der Waals surface area contributed by atoms with Crippen LogP contribution < -0.4 is 4.74 Å². The maximum Gasteiger partial charge on any atom is 0.416 e. The van der Waals surface area contributed by atoms with Gasteiger partial charge in [-0.2, -0.15) is 13.2 Å². The summed E-state index contributed by atoms with van der Waals surface area (Å²) in [5, 5.41) is 0. The van der Waals surface area contributed by atoms with Gasteiger partial charge in [0.15, 0.2) is 0 Å². The van der Waals surface area contributed by atoms with Gasteiger partial charge in [-0.1, -0.05) is 68.4 Å². The van der Waals surface area contributed by atoms with Crippen LogP contribution in [0.1, 0.15) is 61.5 Å². The van der Waals surface area contributed by atoms with Crippen molar-refractivity contribution in [2.75, 3.05) is 13.6 Å². The zero-order chi connectivity index (χ0) is 26.6. The van der Waals surface area contributed by atoms with E-state index in [1.54, 1.807) is 4.90 Å². The van der Waals surface area contributed by atoms with Gasteiger partial charge in [0, 0.05) is 20.0 Å². The maximum absolute atomic E-state index is 13.5. The lowest BCUT2D eigenvalue weighted by atomic mass is 9.92. The molecule has 0 spiro atoms. The Bertz CT molecular complexity index is 1170. The number of halogens is 3. The van der Waals surface area contributed by atoms with Crippen molar-refractivity contribution in [2.45, 2.75) is 57.2 Å². The molecule has 1 amide bonds. The van der Waals surface area contributed by atoms with E-state index in [9.17, 15) is 18.0 Å². The fourth-order valence-electron chi connectivity index (χ4n) is 4.81. The lowest BCUT2D eigenvalue weighted by Crippen LogP contribution is -2.37. The maximum atomic E-state index is 13.5. The third-order valence-electron chi connectivity index (χ3n) is 7.01. The van der Waals surface area contributed by atoms with Gasteiger partial charge in [0.1, 0.15) is 11.9 Å². The van der Waals surface area contributed by atoms with E-state index in [4.69, 9.17) is 4.74 Å². The molecule has 1 saturated carbocycles. The third-order valence-corrected chi connectivity index (χ3v) is 7.01. The normalized spacial score (nSPS) is 15.3. The van der Waals surface area contributed by atoms with Crippen LogP contribution in [0.3, 0.4) is 0 Å². The second-order valence-electron chi connectivity index (χ2n) is 10.4. The predicted octanol–water partition coefficient (Wildman–Crippen LogP) is 7.60. The van der Waals surface area contributed by atoms with Crippen LogP contribution in [0, 0.1) is 5.92 Å². The summed E-state index contributed by atoms with van der Waals surface area (Å²) < 4.78 is 45.0. The Morgan fingerprint density at radius 1 is 0.946 bits per heavy atom. The van der Waals surface area contributed by atoms with Crippen LogP contribution in [0.15, 0.2) is 78.9 Å². The van der Waals surface area contributed by atoms with E-state index in [0.717, 1.165) is 42.5 Å². The number of nitrogens with zero attached hydrogens (tertiary/aromatic N) is 1. The van der Waals surface area contributed by atoms with Crippen molar-refractivity contribution in [2.24, 2.45) is 5.92 Å².